The number of aromatic nitrogens is 3. The zero-order chi connectivity index (χ0) is 18.2. The molecule has 1 aromatic carbocycles. The van der Waals surface area contributed by atoms with Gasteiger partial charge in [-0.25, -0.2) is 4.68 Å². The summed E-state index contributed by atoms with van der Waals surface area (Å²) < 4.78 is 17.4. The number of furan rings is 1. The molecular weight excluding hydrogens is 336 g/mol. The van der Waals surface area contributed by atoms with Crippen LogP contribution in [0.3, 0.4) is 0 Å². The second kappa shape index (κ2) is 8.70. The second-order valence-electron chi connectivity index (χ2n) is 5.55. The molecule has 2 aromatic heterocycles. The maximum atomic E-state index is 11.9. The number of benzene rings is 1. The Morgan fingerprint density at radius 2 is 2.04 bits per heavy atom. The number of ether oxygens (including phenoxy) is 2. The summed E-state index contributed by atoms with van der Waals surface area (Å²) in [6.07, 6.45) is 3.95. The third-order valence-corrected chi connectivity index (χ3v) is 3.61. The Labute approximate surface area is 150 Å². The van der Waals surface area contributed by atoms with Crippen LogP contribution in [0.15, 0.2) is 53.3 Å². The molecule has 8 heteroatoms. The predicted octanol–water partition coefficient (Wildman–Crippen LogP) is 1.82. The van der Waals surface area contributed by atoms with Crippen molar-refractivity contribution in [1.29, 1.82) is 0 Å². The first kappa shape index (κ1) is 17.5. The molecule has 136 valence electrons. The highest BCUT2D eigenvalue weighted by Gasteiger charge is 2.07. The first-order valence-corrected chi connectivity index (χ1v) is 8.18. The van der Waals surface area contributed by atoms with Crippen LogP contribution in [0.5, 0.6) is 11.5 Å². The lowest BCUT2D eigenvalue weighted by atomic mass is 10.3. The molecule has 1 amide bonds. The zero-order valence-corrected chi connectivity index (χ0v) is 14.4. The Morgan fingerprint density at radius 1 is 1.23 bits per heavy atom. The van der Waals surface area contributed by atoms with E-state index < -0.39 is 0 Å². The molecule has 3 aromatic rings. The number of nitrogens with one attached hydrogen (secondary N) is 1. The molecule has 0 radical (unpaired) electrons. The Morgan fingerprint density at radius 3 is 2.77 bits per heavy atom. The summed E-state index contributed by atoms with van der Waals surface area (Å²) in [5, 5.41) is 10.8. The lowest BCUT2D eigenvalue weighted by Gasteiger charge is -2.05. The normalized spacial score (nSPS) is 10.5. The molecule has 0 aliphatic rings. The van der Waals surface area contributed by atoms with Crippen LogP contribution in [-0.2, 0) is 24.4 Å². The summed E-state index contributed by atoms with van der Waals surface area (Å²) in [5.41, 5.74) is 0.643. The van der Waals surface area contributed by atoms with Gasteiger partial charge in [0, 0.05) is 13.0 Å². The highest BCUT2D eigenvalue weighted by Crippen LogP contribution is 2.17. The van der Waals surface area contributed by atoms with Crippen LogP contribution in [0.1, 0.15) is 11.5 Å². The summed E-state index contributed by atoms with van der Waals surface area (Å²) in [7, 11) is 1.61. The van der Waals surface area contributed by atoms with Crippen molar-refractivity contribution in [3.63, 3.8) is 0 Å². The minimum absolute atomic E-state index is 0.105. The van der Waals surface area contributed by atoms with E-state index in [1.54, 1.807) is 19.6 Å². The van der Waals surface area contributed by atoms with Crippen LogP contribution in [0.25, 0.3) is 0 Å². The molecule has 0 spiro atoms. The van der Waals surface area contributed by atoms with E-state index in [2.05, 4.69) is 15.6 Å². The molecular formula is C18H20N4O4. The molecule has 0 atom stereocenters. The van der Waals surface area contributed by atoms with E-state index in [0.717, 1.165) is 11.5 Å². The van der Waals surface area contributed by atoms with Crippen molar-refractivity contribution in [3.8, 4) is 11.5 Å². The van der Waals surface area contributed by atoms with Gasteiger partial charge in [0.2, 0.25) is 5.91 Å². The summed E-state index contributed by atoms with van der Waals surface area (Å²) >= 11 is 0. The Hall–Kier alpha value is -3.29. The second-order valence-corrected chi connectivity index (χ2v) is 5.55. The molecule has 0 fully saturated rings. The third-order valence-electron chi connectivity index (χ3n) is 3.61. The minimum Gasteiger partial charge on any atom is -0.497 e. The van der Waals surface area contributed by atoms with E-state index in [1.807, 2.05) is 36.4 Å². The number of hydrogen-bond donors (Lipinski definition) is 1. The van der Waals surface area contributed by atoms with E-state index in [-0.39, 0.29) is 19.1 Å². The molecule has 0 unspecified atom stereocenters. The van der Waals surface area contributed by atoms with Crippen LogP contribution in [0.4, 0.5) is 0 Å². The number of amides is 1. The molecule has 3 rings (SSSR count). The van der Waals surface area contributed by atoms with Gasteiger partial charge in [-0.3, -0.25) is 4.79 Å². The number of carbonyl (C=O) groups is 1. The van der Waals surface area contributed by atoms with Crippen LogP contribution >= 0.6 is 0 Å². The summed E-state index contributed by atoms with van der Waals surface area (Å²) in [6.45, 7) is 0.884. The van der Waals surface area contributed by atoms with E-state index in [9.17, 15) is 4.79 Å². The fourth-order valence-corrected chi connectivity index (χ4v) is 2.29. The molecule has 1 N–H and O–H groups in total. The topological polar surface area (TPSA) is 91.4 Å². The molecule has 26 heavy (non-hydrogen) atoms. The van der Waals surface area contributed by atoms with Gasteiger partial charge in [-0.2, -0.15) is 0 Å². The smallest absolute Gasteiger partial charge is 0.241 e. The van der Waals surface area contributed by atoms with Gasteiger partial charge in [0.05, 0.1) is 19.6 Å². The average molecular weight is 356 g/mol. The lowest BCUT2D eigenvalue weighted by Crippen LogP contribution is -2.29. The Bertz CT molecular complexity index is 812. The van der Waals surface area contributed by atoms with E-state index in [4.69, 9.17) is 13.9 Å². The quantitative estimate of drug-likeness (QED) is 0.629. The lowest BCUT2D eigenvalue weighted by molar-refractivity contribution is -0.121. The monoisotopic (exact) mass is 356 g/mol. The van der Waals surface area contributed by atoms with Gasteiger partial charge in [0.15, 0.2) is 0 Å². The van der Waals surface area contributed by atoms with Crippen molar-refractivity contribution >= 4 is 5.91 Å². The van der Waals surface area contributed by atoms with Crippen molar-refractivity contribution in [3.05, 3.63) is 60.3 Å². The third kappa shape index (κ3) is 5.10. The molecule has 0 saturated heterocycles. The van der Waals surface area contributed by atoms with Gasteiger partial charge < -0.3 is 19.2 Å². The van der Waals surface area contributed by atoms with Gasteiger partial charge in [0.25, 0.3) is 0 Å². The summed E-state index contributed by atoms with van der Waals surface area (Å²) in [6, 6.07) is 11.0. The van der Waals surface area contributed by atoms with Gasteiger partial charge in [-0.15, -0.1) is 5.10 Å². The first-order valence-electron chi connectivity index (χ1n) is 8.18. The summed E-state index contributed by atoms with van der Waals surface area (Å²) in [5.74, 6) is 2.17. The predicted molar refractivity (Wildman–Crippen MR) is 92.8 cm³/mol. The van der Waals surface area contributed by atoms with Crippen molar-refractivity contribution in [1.82, 2.24) is 20.3 Å². The number of nitrogens with zero attached hydrogens (tertiary/aromatic N) is 3. The minimum atomic E-state index is -0.135. The largest absolute Gasteiger partial charge is 0.497 e. The maximum absolute atomic E-state index is 11.9. The maximum Gasteiger partial charge on any atom is 0.241 e. The van der Waals surface area contributed by atoms with E-state index in [1.165, 1.54) is 4.68 Å². The van der Waals surface area contributed by atoms with Crippen molar-refractivity contribution in [2.24, 2.45) is 0 Å². The molecule has 0 aliphatic heterocycles. The van der Waals surface area contributed by atoms with Crippen LogP contribution in [-0.4, -0.2) is 34.6 Å². The first-order chi connectivity index (χ1) is 12.7. The van der Waals surface area contributed by atoms with Gasteiger partial charge in [-0.05, 0) is 36.4 Å². The highest BCUT2D eigenvalue weighted by atomic mass is 16.5. The number of carbonyl (C=O) groups excluding carboxylic acids is 1. The molecule has 8 nitrogen and oxygen atoms in total. The van der Waals surface area contributed by atoms with E-state index >= 15 is 0 Å². The number of hydrogen-bond acceptors (Lipinski definition) is 6. The van der Waals surface area contributed by atoms with Crippen molar-refractivity contribution in [2.75, 3.05) is 13.7 Å². The van der Waals surface area contributed by atoms with Gasteiger partial charge in [-0.1, -0.05) is 5.21 Å². The van der Waals surface area contributed by atoms with Gasteiger partial charge in [0.1, 0.15) is 36.1 Å². The standard InChI is InChI=1S/C18H20N4O4/c1-24-15-4-6-17(7-5-15)26-13-14-11-22(21-20-14)12-18(23)19-9-8-16-3-2-10-25-16/h2-7,10-11H,8-9,12-13H2,1H3,(H,19,23). The SMILES string of the molecule is COc1ccc(OCc2cn(CC(=O)NCCc3ccco3)nn2)cc1. The van der Waals surface area contributed by atoms with Crippen LogP contribution in [0, 0.1) is 0 Å². The number of rotatable bonds is 9. The van der Waals surface area contributed by atoms with Crippen LogP contribution < -0.4 is 14.8 Å². The van der Waals surface area contributed by atoms with Crippen molar-refractivity contribution < 1.29 is 18.7 Å². The Kier molecular flexibility index (Phi) is 5.87. The van der Waals surface area contributed by atoms with Crippen molar-refractivity contribution in [2.45, 2.75) is 19.6 Å². The number of methoxy groups -OCH3 is 1. The average Bonchev–Trinajstić information content (AvgIpc) is 3.32. The summed E-state index contributed by atoms with van der Waals surface area (Å²) in [4.78, 5) is 11.9. The van der Waals surface area contributed by atoms with Crippen LogP contribution in [0.2, 0.25) is 0 Å². The van der Waals surface area contributed by atoms with Gasteiger partial charge >= 0.3 is 0 Å². The van der Waals surface area contributed by atoms with E-state index in [0.29, 0.717) is 24.4 Å². The fourth-order valence-electron chi connectivity index (χ4n) is 2.29. The highest BCUT2D eigenvalue weighted by molar-refractivity contribution is 5.75. The molecule has 0 bridgehead atoms. The molecule has 0 saturated carbocycles. The fraction of sp³-hybridized carbons (Fsp3) is 0.278. The Balaban J connectivity index is 1.41. The molecule has 0 aliphatic carbocycles. The molecule has 2 heterocycles. The zero-order valence-electron chi connectivity index (χ0n) is 14.4.